The standard InChI is InChI=1S/C28H22N2O6/c1-19-5-9-21(10-6-19)27(31)29-23-4-2-3-22(17-23)28(32)35-18-20-7-13-25(14-8-20)36-26-15-11-24(12-16-26)30(33)34/h2-17H,18H2,1H3,(H,29,31). The molecule has 0 aliphatic heterocycles. The summed E-state index contributed by atoms with van der Waals surface area (Å²) in [6, 6.07) is 26.5. The Morgan fingerprint density at radius 2 is 1.47 bits per heavy atom. The Bertz CT molecular complexity index is 1380. The van der Waals surface area contributed by atoms with E-state index in [-0.39, 0.29) is 18.2 Å². The number of ether oxygens (including phenoxy) is 2. The molecule has 180 valence electrons. The van der Waals surface area contributed by atoms with Crippen LogP contribution in [-0.2, 0) is 11.3 Å². The first kappa shape index (κ1) is 24.2. The van der Waals surface area contributed by atoms with Crippen molar-refractivity contribution < 1.29 is 24.0 Å². The van der Waals surface area contributed by atoms with Crippen LogP contribution >= 0.6 is 0 Å². The Kier molecular flexibility index (Phi) is 7.36. The third-order valence-electron chi connectivity index (χ3n) is 5.25. The number of carbonyl (C=O) groups excluding carboxylic acids is 2. The van der Waals surface area contributed by atoms with Gasteiger partial charge in [0.05, 0.1) is 10.5 Å². The number of nitro benzene ring substituents is 1. The van der Waals surface area contributed by atoms with Crippen LogP contribution in [0.25, 0.3) is 0 Å². The normalized spacial score (nSPS) is 10.4. The molecule has 0 aliphatic carbocycles. The molecule has 0 saturated carbocycles. The van der Waals surface area contributed by atoms with Crippen molar-refractivity contribution in [2.75, 3.05) is 5.32 Å². The third-order valence-corrected chi connectivity index (χ3v) is 5.25. The van der Waals surface area contributed by atoms with E-state index < -0.39 is 10.9 Å². The molecule has 0 radical (unpaired) electrons. The fraction of sp³-hybridized carbons (Fsp3) is 0.0714. The van der Waals surface area contributed by atoms with Crippen LogP contribution in [0.1, 0.15) is 31.8 Å². The van der Waals surface area contributed by atoms with Crippen LogP contribution in [0.3, 0.4) is 0 Å². The largest absolute Gasteiger partial charge is 0.457 e. The predicted octanol–water partition coefficient (Wildman–Crippen LogP) is 6.30. The van der Waals surface area contributed by atoms with Crippen LogP contribution in [0.5, 0.6) is 11.5 Å². The summed E-state index contributed by atoms with van der Waals surface area (Å²) in [5.74, 6) is 0.217. The lowest BCUT2D eigenvalue weighted by Crippen LogP contribution is -2.12. The van der Waals surface area contributed by atoms with Gasteiger partial charge in [-0.2, -0.15) is 0 Å². The highest BCUT2D eigenvalue weighted by molar-refractivity contribution is 6.04. The molecule has 0 saturated heterocycles. The average Bonchev–Trinajstić information content (AvgIpc) is 2.89. The quantitative estimate of drug-likeness (QED) is 0.179. The van der Waals surface area contributed by atoms with E-state index in [2.05, 4.69) is 5.32 Å². The molecule has 0 unspecified atom stereocenters. The topological polar surface area (TPSA) is 108 Å². The molecular formula is C28H22N2O6. The van der Waals surface area contributed by atoms with Gasteiger partial charge in [0.2, 0.25) is 0 Å². The Balaban J connectivity index is 1.31. The van der Waals surface area contributed by atoms with Gasteiger partial charge >= 0.3 is 5.97 Å². The predicted molar refractivity (Wildman–Crippen MR) is 134 cm³/mol. The number of non-ortho nitro benzene ring substituents is 1. The van der Waals surface area contributed by atoms with Crippen LogP contribution in [0.2, 0.25) is 0 Å². The molecular weight excluding hydrogens is 460 g/mol. The van der Waals surface area contributed by atoms with Gasteiger partial charge in [-0.15, -0.1) is 0 Å². The maximum Gasteiger partial charge on any atom is 0.338 e. The van der Waals surface area contributed by atoms with Gasteiger partial charge in [-0.25, -0.2) is 4.79 Å². The van der Waals surface area contributed by atoms with Gasteiger partial charge in [0.15, 0.2) is 0 Å². The van der Waals surface area contributed by atoms with Crippen LogP contribution < -0.4 is 10.1 Å². The molecule has 1 N–H and O–H groups in total. The lowest BCUT2D eigenvalue weighted by Gasteiger charge is -2.09. The van der Waals surface area contributed by atoms with Crippen molar-refractivity contribution in [3.8, 4) is 11.5 Å². The summed E-state index contributed by atoms with van der Waals surface area (Å²) in [6.07, 6.45) is 0. The summed E-state index contributed by atoms with van der Waals surface area (Å²) < 4.78 is 11.1. The van der Waals surface area contributed by atoms with E-state index in [1.54, 1.807) is 60.7 Å². The Morgan fingerprint density at radius 3 is 2.11 bits per heavy atom. The van der Waals surface area contributed by atoms with Crippen LogP contribution in [0.4, 0.5) is 11.4 Å². The summed E-state index contributed by atoms with van der Waals surface area (Å²) in [7, 11) is 0. The molecule has 4 aromatic carbocycles. The monoisotopic (exact) mass is 482 g/mol. The second-order valence-electron chi connectivity index (χ2n) is 7.97. The highest BCUT2D eigenvalue weighted by Gasteiger charge is 2.11. The van der Waals surface area contributed by atoms with Crippen LogP contribution in [-0.4, -0.2) is 16.8 Å². The molecule has 0 spiro atoms. The lowest BCUT2D eigenvalue weighted by molar-refractivity contribution is -0.384. The van der Waals surface area contributed by atoms with Gasteiger partial charge in [-0.1, -0.05) is 35.9 Å². The summed E-state index contributed by atoms with van der Waals surface area (Å²) in [6.45, 7) is 2.00. The number of hydrogen-bond donors (Lipinski definition) is 1. The third kappa shape index (κ3) is 6.32. The zero-order valence-electron chi connectivity index (χ0n) is 19.3. The number of hydrogen-bond acceptors (Lipinski definition) is 6. The molecule has 8 nitrogen and oxygen atoms in total. The van der Waals surface area contributed by atoms with E-state index in [0.717, 1.165) is 11.1 Å². The van der Waals surface area contributed by atoms with Gasteiger partial charge in [0.1, 0.15) is 18.1 Å². The number of esters is 1. The van der Waals surface area contributed by atoms with E-state index in [1.165, 1.54) is 24.3 Å². The van der Waals surface area contributed by atoms with Crippen LogP contribution in [0, 0.1) is 17.0 Å². The highest BCUT2D eigenvalue weighted by atomic mass is 16.6. The smallest absolute Gasteiger partial charge is 0.338 e. The first-order valence-corrected chi connectivity index (χ1v) is 11.0. The van der Waals surface area contributed by atoms with Crippen molar-refractivity contribution >= 4 is 23.3 Å². The molecule has 36 heavy (non-hydrogen) atoms. The Hall–Kier alpha value is -4.98. The van der Waals surface area contributed by atoms with Crippen molar-refractivity contribution in [1.29, 1.82) is 0 Å². The first-order valence-electron chi connectivity index (χ1n) is 11.0. The molecule has 0 aliphatic rings. The molecule has 0 heterocycles. The number of anilines is 1. The number of benzene rings is 4. The zero-order valence-corrected chi connectivity index (χ0v) is 19.3. The summed E-state index contributed by atoms with van der Waals surface area (Å²) >= 11 is 0. The summed E-state index contributed by atoms with van der Waals surface area (Å²) in [4.78, 5) is 35.2. The molecule has 0 aromatic heterocycles. The van der Waals surface area contributed by atoms with E-state index in [9.17, 15) is 19.7 Å². The Morgan fingerprint density at radius 1 is 0.833 bits per heavy atom. The minimum Gasteiger partial charge on any atom is -0.457 e. The fourth-order valence-corrected chi connectivity index (χ4v) is 3.29. The van der Waals surface area contributed by atoms with E-state index in [1.807, 2.05) is 19.1 Å². The molecule has 0 atom stereocenters. The maximum atomic E-state index is 12.5. The second-order valence-corrected chi connectivity index (χ2v) is 7.97. The molecule has 8 heteroatoms. The number of amides is 1. The fourth-order valence-electron chi connectivity index (χ4n) is 3.29. The van der Waals surface area contributed by atoms with Crippen molar-refractivity contribution in [3.05, 3.63) is 129 Å². The average molecular weight is 482 g/mol. The molecule has 4 aromatic rings. The summed E-state index contributed by atoms with van der Waals surface area (Å²) in [5, 5.41) is 13.5. The van der Waals surface area contributed by atoms with Crippen molar-refractivity contribution in [2.24, 2.45) is 0 Å². The van der Waals surface area contributed by atoms with E-state index >= 15 is 0 Å². The first-order chi connectivity index (χ1) is 17.4. The van der Waals surface area contributed by atoms with Crippen molar-refractivity contribution in [1.82, 2.24) is 0 Å². The number of rotatable bonds is 8. The maximum absolute atomic E-state index is 12.5. The lowest BCUT2D eigenvalue weighted by atomic mass is 10.1. The van der Waals surface area contributed by atoms with E-state index in [4.69, 9.17) is 9.47 Å². The van der Waals surface area contributed by atoms with Gasteiger partial charge in [0, 0.05) is 23.4 Å². The van der Waals surface area contributed by atoms with Crippen molar-refractivity contribution in [2.45, 2.75) is 13.5 Å². The number of nitrogens with zero attached hydrogens (tertiary/aromatic N) is 1. The highest BCUT2D eigenvalue weighted by Crippen LogP contribution is 2.24. The molecule has 0 bridgehead atoms. The summed E-state index contributed by atoms with van der Waals surface area (Å²) in [5.41, 5.74) is 3.12. The number of carbonyl (C=O) groups is 2. The van der Waals surface area contributed by atoms with Gasteiger partial charge in [0.25, 0.3) is 11.6 Å². The molecule has 1 amide bonds. The minimum atomic E-state index is -0.521. The van der Waals surface area contributed by atoms with Crippen molar-refractivity contribution in [3.63, 3.8) is 0 Å². The zero-order chi connectivity index (χ0) is 25.5. The van der Waals surface area contributed by atoms with Gasteiger partial charge in [-0.3, -0.25) is 14.9 Å². The SMILES string of the molecule is Cc1ccc(C(=O)Nc2cccc(C(=O)OCc3ccc(Oc4ccc([N+](=O)[O-])cc4)cc3)c2)cc1. The van der Waals surface area contributed by atoms with Gasteiger partial charge < -0.3 is 14.8 Å². The minimum absolute atomic E-state index is 0.0151. The number of nitro groups is 1. The van der Waals surface area contributed by atoms with Gasteiger partial charge in [-0.05, 0) is 67.1 Å². The van der Waals surface area contributed by atoms with E-state index in [0.29, 0.717) is 28.3 Å². The number of aryl methyl sites for hydroxylation is 1. The molecule has 0 fully saturated rings. The second kappa shape index (κ2) is 11.0. The molecule has 4 rings (SSSR count). The Labute approximate surface area is 207 Å². The number of nitrogens with one attached hydrogen (secondary N) is 1. The van der Waals surface area contributed by atoms with Crippen LogP contribution in [0.15, 0.2) is 97.1 Å².